The Labute approximate surface area is 116 Å². The lowest BCUT2D eigenvalue weighted by atomic mass is 9.74. The van der Waals surface area contributed by atoms with Crippen molar-refractivity contribution in [3.05, 3.63) is 34.9 Å². The second kappa shape index (κ2) is 6.04. The molecule has 0 saturated heterocycles. The first-order valence-corrected chi connectivity index (χ1v) is 7.16. The van der Waals surface area contributed by atoms with E-state index >= 15 is 0 Å². The van der Waals surface area contributed by atoms with Crippen molar-refractivity contribution in [3.63, 3.8) is 0 Å². The molecule has 1 fully saturated rings. The molecule has 1 aliphatic rings. The lowest BCUT2D eigenvalue weighted by Gasteiger charge is -2.42. The van der Waals surface area contributed by atoms with Crippen molar-refractivity contribution < 1.29 is 4.74 Å². The summed E-state index contributed by atoms with van der Waals surface area (Å²) in [5, 5.41) is 0. The van der Waals surface area contributed by atoms with Crippen LogP contribution in [0.4, 0.5) is 0 Å². The maximum absolute atomic E-state index is 5.76. The van der Waals surface area contributed by atoms with Crippen LogP contribution in [0.2, 0.25) is 0 Å². The quantitative estimate of drug-likeness (QED) is 0.612. The summed E-state index contributed by atoms with van der Waals surface area (Å²) in [7, 11) is 1.83. The number of rotatable bonds is 6. The van der Waals surface area contributed by atoms with Gasteiger partial charge in [0.25, 0.3) is 0 Å². The Bertz CT molecular complexity index is 401. The second-order valence-electron chi connectivity index (χ2n) is 5.88. The van der Waals surface area contributed by atoms with Crippen molar-refractivity contribution in [2.24, 2.45) is 5.84 Å². The molecule has 0 heterocycles. The third-order valence-electron chi connectivity index (χ3n) is 4.65. The molecule has 1 saturated carbocycles. The van der Waals surface area contributed by atoms with Gasteiger partial charge in [-0.3, -0.25) is 11.3 Å². The number of benzene rings is 1. The topological polar surface area (TPSA) is 47.3 Å². The standard InChI is InChI=1S/C16H26N2O/c1-12-6-4-7-13(2)15(12)10-14(18-17)11-16(19-3)8-5-9-16/h4,6-7,14,18H,5,8-11,17H2,1-3H3. The third kappa shape index (κ3) is 3.16. The van der Waals surface area contributed by atoms with Gasteiger partial charge in [-0.2, -0.15) is 0 Å². The first kappa shape index (κ1) is 14.5. The molecule has 1 unspecified atom stereocenters. The zero-order valence-corrected chi connectivity index (χ0v) is 12.3. The van der Waals surface area contributed by atoms with Crippen molar-refractivity contribution in [1.29, 1.82) is 0 Å². The van der Waals surface area contributed by atoms with Crippen molar-refractivity contribution in [2.75, 3.05) is 7.11 Å². The van der Waals surface area contributed by atoms with Gasteiger partial charge in [0.15, 0.2) is 0 Å². The molecule has 0 spiro atoms. The molecule has 0 bridgehead atoms. The Balaban J connectivity index is 2.07. The van der Waals surface area contributed by atoms with E-state index < -0.39 is 0 Å². The first-order valence-electron chi connectivity index (χ1n) is 7.16. The van der Waals surface area contributed by atoms with E-state index in [1.165, 1.54) is 23.1 Å². The summed E-state index contributed by atoms with van der Waals surface area (Å²) < 4.78 is 5.71. The SMILES string of the molecule is COC1(CC(Cc2c(C)cccc2C)NN)CCC1. The van der Waals surface area contributed by atoms with E-state index in [2.05, 4.69) is 37.5 Å². The van der Waals surface area contributed by atoms with E-state index in [4.69, 9.17) is 10.6 Å². The van der Waals surface area contributed by atoms with Gasteiger partial charge in [-0.1, -0.05) is 18.2 Å². The van der Waals surface area contributed by atoms with Gasteiger partial charge >= 0.3 is 0 Å². The minimum Gasteiger partial charge on any atom is -0.378 e. The Morgan fingerprint density at radius 1 is 1.32 bits per heavy atom. The number of aryl methyl sites for hydroxylation is 2. The molecule has 0 aliphatic heterocycles. The van der Waals surface area contributed by atoms with Crippen LogP contribution in [-0.4, -0.2) is 18.8 Å². The van der Waals surface area contributed by atoms with Crippen molar-refractivity contribution >= 4 is 0 Å². The molecular formula is C16H26N2O. The third-order valence-corrected chi connectivity index (χ3v) is 4.65. The molecule has 1 aromatic carbocycles. The molecule has 1 aliphatic carbocycles. The number of nitrogens with one attached hydrogen (secondary N) is 1. The molecule has 0 amide bonds. The molecule has 2 rings (SSSR count). The Hall–Kier alpha value is -0.900. The van der Waals surface area contributed by atoms with E-state index in [9.17, 15) is 0 Å². The van der Waals surface area contributed by atoms with Gasteiger partial charge < -0.3 is 4.74 Å². The highest BCUT2D eigenvalue weighted by atomic mass is 16.5. The highest BCUT2D eigenvalue weighted by molar-refractivity contribution is 5.34. The average molecular weight is 262 g/mol. The number of hydrogen-bond donors (Lipinski definition) is 2. The fourth-order valence-corrected chi connectivity index (χ4v) is 3.12. The lowest BCUT2D eigenvalue weighted by molar-refractivity contribution is -0.0834. The molecule has 3 heteroatoms. The highest BCUT2D eigenvalue weighted by Gasteiger charge is 2.38. The van der Waals surface area contributed by atoms with Crippen LogP contribution in [0.15, 0.2) is 18.2 Å². The van der Waals surface area contributed by atoms with Crippen LogP contribution in [0.1, 0.15) is 42.4 Å². The number of nitrogens with two attached hydrogens (primary N) is 1. The van der Waals surface area contributed by atoms with Gasteiger partial charge in [0.1, 0.15) is 0 Å². The van der Waals surface area contributed by atoms with Gasteiger partial charge in [0.2, 0.25) is 0 Å². The van der Waals surface area contributed by atoms with Crippen LogP contribution in [0, 0.1) is 13.8 Å². The van der Waals surface area contributed by atoms with Gasteiger partial charge in [0, 0.05) is 13.2 Å². The molecular weight excluding hydrogens is 236 g/mol. The largest absolute Gasteiger partial charge is 0.378 e. The van der Waals surface area contributed by atoms with Crippen LogP contribution in [-0.2, 0) is 11.2 Å². The zero-order chi connectivity index (χ0) is 13.9. The summed E-state index contributed by atoms with van der Waals surface area (Å²) in [6.45, 7) is 4.34. The van der Waals surface area contributed by atoms with Crippen LogP contribution in [0.25, 0.3) is 0 Å². The maximum atomic E-state index is 5.76. The van der Waals surface area contributed by atoms with Crippen molar-refractivity contribution in [3.8, 4) is 0 Å². The van der Waals surface area contributed by atoms with Crippen molar-refractivity contribution in [1.82, 2.24) is 5.43 Å². The number of hydrogen-bond acceptors (Lipinski definition) is 3. The number of ether oxygens (including phenoxy) is 1. The second-order valence-corrected chi connectivity index (χ2v) is 5.88. The summed E-state index contributed by atoms with van der Waals surface area (Å²) in [4.78, 5) is 0. The fraction of sp³-hybridized carbons (Fsp3) is 0.625. The van der Waals surface area contributed by atoms with E-state index in [1.54, 1.807) is 0 Å². The summed E-state index contributed by atoms with van der Waals surface area (Å²) in [6, 6.07) is 6.73. The molecule has 3 N–H and O–H groups in total. The van der Waals surface area contributed by atoms with E-state index in [1.807, 2.05) is 7.11 Å². The molecule has 0 radical (unpaired) electrons. The van der Waals surface area contributed by atoms with Crippen LogP contribution < -0.4 is 11.3 Å². The molecule has 1 atom stereocenters. The van der Waals surface area contributed by atoms with Crippen LogP contribution in [0.3, 0.4) is 0 Å². The molecule has 1 aromatic rings. The zero-order valence-electron chi connectivity index (χ0n) is 12.3. The van der Waals surface area contributed by atoms with E-state index in [0.717, 1.165) is 25.7 Å². The van der Waals surface area contributed by atoms with Gasteiger partial charge in [-0.05, 0) is 62.6 Å². The van der Waals surface area contributed by atoms with Gasteiger partial charge in [0.05, 0.1) is 5.60 Å². The monoisotopic (exact) mass is 262 g/mol. The minimum atomic E-state index is 0.0631. The van der Waals surface area contributed by atoms with Gasteiger partial charge in [-0.15, -0.1) is 0 Å². The summed E-state index contributed by atoms with van der Waals surface area (Å²) in [6.07, 6.45) is 5.56. The van der Waals surface area contributed by atoms with Gasteiger partial charge in [-0.25, -0.2) is 0 Å². The first-order chi connectivity index (χ1) is 9.10. The Kier molecular flexibility index (Phi) is 4.61. The maximum Gasteiger partial charge on any atom is 0.0694 e. The predicted octanol–water partition coefficient (Wildman–Crippen LogP) is 2.64. The predicted molar refractivity (Wildman–Crippen MR) is 78.9 cm³/mol. The summed E-state index contributed by atoms with van der Waals surface area (Å²) >= 11 is 0. The Morgan fingerprint density at radius 3 is 2.37 bits per heavy atom. The highest BCUT2D eigenvalue weighted by Crippen LogP contribution is 2.39. The molecule has 106 valence electrons. The molecule has 19 heavy (non-hydrogen) atoms. The van der Waals surface area contributed by atoms with Crippen LogP contribution >= 0.6 is 0 Å². The molecule has 0 aromatic heterocycles. The Morgan fingerprint density at radius 2 is 1.95 bits per heavy atom. The minimum absolute atomic E-state index is 0.0631. The van der Waals surface area contributed by atoms with Crippen molar-refractivity contribution in [2.45, 2.75) is 57.6 Å². The van der Waals surface area contributed by atoms with Crippen LogP contribution in [0.5, 0.6) is 0 Å². The number of methoxy groups -OCH3 is 1. The summed E-state index contributed by atoms with van der Waals surface area (Å²) in [5.41, 5.74) is 7.15. The molecule has 3 nitrogen and oxygen atoms in total. The lowest BCUT2D eigenvalue weighted by Crippen LogP contribution is -2.48. The smallest absolute Gasteiger partial charge is 0.0694 e. The van der Waals surface area contributed by atoms with E-state index in [-0.39, 0.29) is 11.6 Å². The summed E-state index contributed by atoms with van der Waals surface area (Å²) in [5.74, 6) is 5.76. The fourth-order valence-electron chi connectivity index (χ4n) is 3.12. The van der Waals surface area contributed by atoms with E-state index in [0.29, 0.717) is 0 Å². The normalized spacial score (nSPS) is 18.9. The number of hydrazine groups is 1. The average Bonchev–Trinajstić information content (AvgIpc) is 2.36.